The summed E-state index contributed by atoms with van der Waals surface area (Å²) >= 11 is 3.34. The van der Waals surface area contributed by atoms with Crippen molar-refractivity contribution in [3.8, 4) is 5.75 Å². The van der Waals surface area contributed by atoms with E-state index in [0.29, 0.717) is 34.7 Å². The van der Waals surface area contributed by atoms with Crippen molar-refractivity contribution < 1.29 is 18.7 Å². The molecule has 0 bridgehead atoms. The maximum atomic E-state index is 12.9. The molecule has 5 nitrogen and oxygen atoms in total. The van der Waals surface area contributed by atoms with Gasteiger partial charge < -0.3 is 18.8 Å². The van der Waals surface area contributed by atoms with Crippen LogP contribution in [0.1, 0.15) is 38.1 Å². The molecule has 2 aromatic rings. The highest BCUT2D eigenvalue weighted by molar-refractivity contribution is 9.10. The fourth-order valence-electron chi connectivity index (χ4n) is 3.08. The van der Waals surface area contributed by atoms with Crippen molar-refractivity contribution in [2.45, 2.75) is 46.0 Å². The summed E-state index contributed by atoms with van der Waals surface area (Å²) in [7, 11) is 0. The fourth-order valence-corrected chi connectivity index (χ4v) is 3.48. The molecule has 24 heavy (non-hydrogen) atoms. The number of hydrogen-bond donors (Lipinski definition) is 0. The number of morpholine rings is 1. The number of carbonyl (C=O) groups excluding carboxylic acids is 1. The molecule has 130 valence electrons. The fraction of sp³-hybridized carbons (Fsp3) is 0.500. The Morgan fingerprint density at radius 2 is 1.92 bits per heavy atom. The molecule has 0 N–H and O–H groups in total. The summed E-state index contributed by atoms with van der Waals surface area (Å²) in [5, 5.41) is 0.857. The van der Waals surface area contributed by atoms with E-state index < -0.39 is 0 Å². The lowest BCUT2D eigenvalue weighted by molar-refractivity contribution is -0.0586. The predicted octanol–water partition coefficient (Wildman–Crippen LogP) is 4.23. The van der Waals surface area contributed by atoms with Crippen LogP contribution in [0.15, 0.2) is 27.3 Å². The Morgan fingerprint density at radius 1 is 1.25 bits per heavy atom. The SMILES string of the molecule is CC(C)Oc1cc(C(=O)N2CC(C)OC(C)C2)cc2oc(Br)cc12. The van der Waals surface area contributed by atoms with E-state index in [4.69, 9.17) is 13.9 Å². The highest BCUT2D eigenvalue weighted by atomic mass is 79.9. The Kier molecular flexibility index (Phi) is 4.88. The van der Waals surface area contributed by atoms with E-state index in [-0.39, 0.29) is 24.2 Å². The van der Waals surface area contributed by atoms with Gasteiger partial charge in [0.2, 0.25) is 0 Å². The van der Waals surface area contributed by atoms with E-state index in [2.05, 4.69) is 15.9 Å². The van der Waals surface area contributed by atoms with Crippen LogP contribution in [0.2, 0.25) is 0 Å². The molecule has 1 aromatic carbocycles. The minimum absolute atomic E-state index is 0.00987. The number of halogens is 1. The summed E-state index contributed by atoms with van der Waals surface area (Å²) in [5.74, 6) is 0.634. The van der Waals surface area contributed by atoms with Gasteiger partial charge in [-0.15, -0.1) is 0 Å². The molecule has 1 amide bonds. The molecular weight excluding hydrogens is 374 g/mol. The predicted molar refractivity (Wildman–Crippen MR) is 95.6 cm³/mol. The molecule has 2 atom stereocenters. The van der Waals surface area contributed by atoms with Crippen molar-refractivity contribution in [1.82, 2.24) is 4.90 Å². The topological polar surface area (TPSA) is 51.9 Å². The summed E-state index contributed by atoms with van der Waals surface area (Å²) < 4.78 is 17.9. The zero-order valence-corrected chi connectivity index (χ0v) is 15.9. The lowest BCUT2D eigenvalue weighted by Crippen LogP contribution is -2.48. The van der Waals surface area contributed by atoms with Crippen molar-refractivity contribution in [3.63, 3.8) is 0 Å². The number of ether oxygens (including phenoxy) is 2. The Bertz CT molecular complexity index is 745. The average molecular weight is 396 g/mol. The lowest BCUT2D eigenvalue weighted by Gasteiger charge is -2.35. The Hall–Kier alpha value is -1.53. The number of carbonyl (C=O) groups is 1. The van der Waals surface area contributed by atoms with Gasteiger partial charge in [-0.25, -0.2) is 0 Å². The molecular formula is C18H22BrNO4. The molecule has 0 radical (unpaired) electrons. The second-order valence-corrected chi connectivity index (χ2v) is 7.35. The third-order valence-electron chi connectivity index (χ3n) is 3.89. The van der Waals surface area contributed by atoms with E-state index in [9.17, 15) is 4.79 Å². The summed E-state index contributed by atoms with van der Waals surface area (Å²) in [6, 6.07) is 5.44. The largest absolute Gasteiger partial charge is 0.490 e. The molecule has 1 aromatic heterocycles. The highest BCUT2D eigenvalue weighted by Gasteiger charge is 2.27. The summed E-state index contributed by atoms with van der Waals surface area (Å²) in [4.78, 5) is 14.8. The van der Waals surface area contributed by atoms with Crippen LogP contribution < -0.4 is 4.74 Å². The van der Waals surface area contributed by atoms with Gasteiger partial charge in [-0.2, -0.15) is 0 Å². The molecule has 2 unspecified atom stereocenters. The molecule has 1 fully saturated rings. The smallest absolute Gasteiger partial charge is 0.254 e. The Labute approximate surface area is 150 Å². The van der Waals surface area contributed by atoms with Crippen LogP contribution in [0, 0.1) is 0 Å². The molecule has 0 aliphatic carbocycles. The first-order valence-electron chi connectivity index (χ1n) is 8.18. The first-order chi connectivity index (χ1) is 11.3. The maximum Gasteiger partial charge on any atom is 0.254 e. The number of hydrogen-bond acceptors (Lipinski definition) is 4. The van der Waals surface area contributed by atoms with Crippen LogP contribution in [-0.2, 0) is 4.74 Å². The molecule has 3 rings (SSSR count). The molecule has 1 aliphatic rings. The van der Waals surface area contributed by atoms with E-state index in [1.807, 2.05) is 38.7 Å². The van der Waals surface area contributed by atoms with E-state index in [0.717, 1.165) is 5.39 Å². The number of nitrogens with zero attached hydrogens (tertiary/aromatic N) is 1. The van der Waals surface area contributed by atoms with E-state index in [1.165, 1.54) is 0 Å². The Morgan fingerprint density at radius 3 is 2.54 bits per heavy atom. The van der Waals surface area contributed by atoms with Crippen LogP contribution in [0.3, 0.4) is 0 Å². The summed E-state index contributed by atoms with van der Waals surface area (Å²) in [6.45, 7) is 9.06. The minimum atomic E-state index is -0.0278. The monoisotopic (exact) mass is 395 g/mol. The van der Waals surface area contributed by atoms with Gasteiger partial charge in [0, 0.05) is 24.7 Å². The maximum absolute atomic E-state index is 12.9. The van der Waals surface area contributed by atoms with Gasteiger partial charge in [0.1, 0.15) is 11.3 Å². The van der Waals surface area contributed by atoms with Crippen molar-refractivity contribution in [1.29, 1.82) is 0 Å². The van der Waals surface area contributed by atoms with Crippen molar-refractivity contribution in [3.05, 3.63) is 28.4 Å². The van der Waals surface area contributed by atoms with Crippen LogP contribution in [0.4, 0.5) is 0 Å². The van der Waals surface area contributed by atoms with Crippen molar-refractivity contribution >= 4 is 32.8 Å². The molecule has 0 spiro atoms. The Balaban J connectivity index is 1.97. The number of fused-ring (bicyclic) bond motifs is 1. The van der Waals surface area contributed by atoms with Crippen molar-refractivity contribution in [2.75, 3.05) is 13.1 Å². The number of rotatable bonds is 3. The van der Waals surface area contributed by atoms with Crippen LogP contribution in [-0.4, -0.2) is 42.2 Å². The third-order valence-corrected chi connectivity index (χ3v) is 4.28. The standard InChI is InChI=1S/C18H22BrNO4/c1-10(2)22-15-5-13(6-16-14(15)7-17(19)24-16)18(21)20-8-11(3)23-12(4)9-20/h5-7,10-12H,8-9H2,1-4H3. The average Bonchev–Trinajstić information content (AvgIpc) is 2.85. The summed E-state index contributed by atoms with van der Waals surface area (Å²) in [6.07, 6.45) is 0.0757. The first kappa shape index (κ1) is 17.3. The van der Waals surface area contributed by atoms with Crippen LogP contribution in [0.5, 0.6) is 5.75 Å². The quantitative estimate of drug-likeness (QED) is 0.779. The first-order valence-corrected chi connectivity index (χ1v) is 8.97. The lowest BCUT2D eigenvalue weighted by atomic mass is 10.1. The second-order valence-electron chi connectivity index (χ2n) is 6.57. The van der Waals surface area contributed by atoms with Crippen LogP contribution >= 0.6 is 15.9 Å². The normalized spacial score (nSPS) is 21.5. The van der Waals surface area contributed by atoms with Gasteiger partial charge in [0.25, 0.3) is 5.91 Å². The van der Waals surface area contributed by atoms with Gasteiger partial charge >= 0.3 is 0 Å². The third kappa shape index (κ3) is 3.59. The zero-order valence-electron chi connectivity index (χ0n) is 14.3. The van der Waals surface area contributed by atoms with Gasteiger partial charge in [-0.3, -0.25) is 4.79 Å². The molecule has 1 saturated heterocycles. The number of furan rings is 1. The van der Waals surface area contributed by atoms with Gasteiger partial charge in [-0.05, 0) is 55.8 Å². The van der Waals surface area contributed by atoms with Gasteiger partial charge in [-0.1, -0.05) is 0 Å². The van der Waals surface area contributed by atoms with Gasteiger partial charge in [0.05, 0.1) is 23.7 Å². The molecule has 1 aliphatic heterocycles. The van der Waals surface area contributed by atoms with Crippen LogP contribution in [0.25, 0.3) is 11.0 Å². The number of benzene rings is 1. The van der Waals surface area contributed by atoms with E-state index >= 15 is 0 Å². The van der Waals surface area contributed by atoms with Gasteiger partial charge in [0.15, 0.2) is 4.67 Å². The number of amides is 1. The van der Waals surface area contributed by atoms with Crippen molar-refractivity contribution in [2.24, 2.45) is 0 Å². The molecule has 0 saturated carbocycles. The zero-order chi connectivity index (χ0) is 17.4. The van der Waals surface area contributed by atoms with E-state index in [1.54, 1.807) is 12.1 Å². The second kappa shape index (κ2) is 6.76. The summed E-state index contributed by atoms with van der Waals surface area (Å²) in [5.41, 5.74) is 1.21. The molecule has 6 heteroatoms. The highest BCUT2D eigenvalue weighted by Crippen LogP contribution is 2.34. The molecule has 2 heterocycles. The minimum Gasteiger partial charge on any atom is -0.490 e.